The molecule has 160 valence electrons. The molecule has 1 aromatic carbocycles. The van der Waals surface area contributed by atoms with Crippen LogP contribution >= 0.6 is 0 Å². The molecule has 1 saturated heterocycles. The van der Waals surface area contributed by atoms with Crippen molar-refractivity contribution < 1.29 is 19.3 Å². The standard InChI is InChI=1S/C22H28FN5O2/c1-22(5-6-22)30-19-13-16(3-4-17(19)23)21(24)18-14-20(26-15-25-18)28-9-7-27(8-10-28)11-12-29-2/h3-4,13-15,24H,5-12H2,1-2H3/p+1. The summed E-state index contributed by atoms with van der Waals surface area (Å²) < 4.78 is 25.2. The number of hydrogen-bond donors (Lipinski definition) is 1. The summed E-state index contributed by atoms with van der Waals surface area (Å²) in [4.78, 5) is 13.4. The fraction of sp³-hybridized carbons (Fsp3) is 0.500. The van der Waals surface area contributed by atoms with Crippen LogP contribution in [0.5, 0.6) is 5.75 Å². The zero-order chi connectivity index (χ0) is 21.1. The van der Waals surface area contributed by atoms with Crippen LogP contribution in [-0.4, -0.2) is 72.6 Å². The van der Waals surface area contributed by atoms with Gasteiger partial charge in [-0.05, 0) is 38.0 Å². The van der Waals surface area contributed by atoms with Crippen LogP contribution in [-0.2, 0) is 4.74 Å². The second kappa shape index (κ2) is 8.65. The molecule has 4 rings (SSSR count). The number of ether oxygens (including phenoxy) is 2. The number of aromatic nitrogens is 2. The van der Waals surface area contributed by atoms with Crippen molar-refractivity contribution in [3.05, 3.63) is 47.7 Å². The zero-order valence-corrected chi connectivity index (χ0v) is 17.6. The Morgan fingerprint density at radius 3 is 2.63 bits per heavy atom. The quantitative estimate of drug-likeness (QED) is 0.648. The van der Waals surface area contributed by atoms with Crippen molar-refractivity contribution in [2.45, 2.75) is 25.4 Å². The van der Waals surface area contributed by atoms with Crippen molar-refractivity contribution in [3.8, 4) is 5.75 Å². The number of nitrogens with two attached hydrogens (primary N) is 1. The smallest absolute Gasteiger partial charge is 0.230 e. The minimum Gasteiger partial charge on any atom is -0.484 e. The number of rotatable bonds is 8. The van der Waals surface area contributed by atoms with Gasteiger partial charge in [-0.25, -0.2) is 14.4 Å². The lowest BCUT2D eigenvalue weighted by Crippen LogP contribution is -2.47. The third-order valence-electron chi connectivity index (χ3n) is 5.79. The van der Waals surface area contributed by atoms with E-state index in [4.69, 9.17) is 14.9 Å². The van der Waals surface area contributed by atoms with Gasteiger partial charge in [-0.3, -0.25) is 10.3 Å². The molecule has 1 aliphatic heterocycles. The van der Waals surface area contributed by atoms with E-state index < -0.39 is 0 Å². The van der Waals surface area contributed by atoms with Crippen LogP contribution in [0.25, 0.3) is 0 Å². The van der Waals surface area contributed by atoms with Crippen molar-refractivity contribution in [3.63, 3.8) is 0 Å². The largest absolute Gasteiger partial charge is 0.484 e. The number of piperazine rings is 1. The van der Waals surface area contributed by atoms with Crippen molar-refractivity contribution >= 4 is 11.5 Å². The second-order valence-electron chi connectivity index (χ2n) is 8.19. The molecule has 0 radical (unpaired) electrons. The molecule has 2 aromatic rings. The van der Waals surface area contributed by atoms with Crippen LogP contribution in [0.2, 0.25) is 0 Å². The van der Waals surface area contributed by atoms with Gasteiger partial charge < -0.3 is 14.4 Å². The van der Waals surface area contributed by atoms with Gasteiger partial charge in [0.05, 0.1) is 12.2 Å². The summed E-state index contributed by atoms with van der Waals surface area (Å²) in [6, 6.07) is 6.60. The Bertz CT molecular complexity index is 910. The fourth-order valence-electron chi connectivity index (χ4n) is 3.53. The lowest BCUT2D eigenvalue weighted by molar-refractivity contribution is -0.111. The van der Waals surface area contributed by atoms with Gasteiger partial charge in [0, 0.05) is 45.9 Å². The van der Waals surface area contributed by atoms with Crippen LogP contribution in [0, 0.1) is 5.82 Å². The average molecular weight is 415 g/mol. The van der Waals surface area contributed by atoms with Gasteiger partial charge >= 0.3 is 0 Å². The summed E-state index contributed by atoms with van der Waals surface area (Å²) in [6.45, 7) is 7.34. The molecule has 2 aliphatic rings. The van der Waals surface area contributed by atoms with Crippen molar-refractivity contribution in [2.24, 2.45) is 0 Å². The van der Waals surface area contributed by atoms with Crippen LogP contribution in [0.4, 0.5) is 10.2 Å². The lowest BCUT2D eigenvalue weighted by atomic mass is 10.1. The predicted molar refractivity (Wildman–Crippen MR) is 112 cm³/mol. The summed E-state index contributed by atoms with van der Waals surface area (Å²) in [7, 11) is 1.72. The minimum atomic E-state index is -0.380. The highest BCUT2D eigenvalue weighted by Gasteiger charge is 2.40. The Labute approximate surface area is 176 Å². The second-order valence-corrected chi connectivity index (χ2v) is 8.19. The molecule has 2 heterocycles. The SMILES string of the molecule is COCCN1CCN(c2cc(C(=[NH2+])c3ccc(F)c(OC4(C)CC4)c3)ncn2)CC1. The summed E-state index contributed by atoms with van der Waals surface area (Å²) >= 11 is 0. The Morgan fingerprint density at radius 1 is 1.17 bits per heavy atom. The number of anilines is 1. The molecular weight excluding hydrogens is 385 g/mol. The highest BCUT2D eigenvalue weighted by molar-refractivity contribution is 6.08. The Hall–Kier alpha value is -2.58. The van der Waals surface area contributed by atoms with Crippen LogP contribution < -0.4 is 15.0 Å². The first-order chi connectivity index (χ1) is 14.5. The molecule has 0 unspecified atom stereocenters. The molecule has 2 fully saturated rings. The van der Waals surface area contributed by atoms with E-state index in [0.29, 0.717) is 17.0 Å². The van der Waals surface area contributed by atoms with Gasteiger partial charge in [0.15, 0.2) is 11.6 Å². The Kier molecular flexibility index (Phi) is 5.97. The maximum absolute atomic E-state index is 14.2. The topological polar surface area (TPSA) is 76.3 Å². The number of hydrogen-bond acceptors (Lipinski definition) is 6. The number of methoxy groups -OCH3 is 1. The average Bonchev–Trinajstić information content (AvgIpc) is 3.50. The van der Waals surface area contributed by atoms with Gasteiger partial charge in [0.1, 0.15) is 23.4 Å². The molecule has 1 aromatic heterocycles. The molecular formula is C22H29FN5O2+. The monoisotopic (exact) mass is 414 g/mol. The van der Waals surface area contributed by atoms with E-state index in [0.717, 1.165) is 58.0 Å². The minimum absolute atomic E-state index is 0.233. The first kappa shape index (κ1) is 20.7. The summed E-state index contributed by atoms with van der Waals surface area (Å²) in [6.07, 6.45) is 3.40. The molecule has 7 nitrogen and oxygen atoms in total. The van der Waals surface area contributed by atoms with Gasteiger partial charge in [-0.15, -0.1) is 0 Å². The Balaban J connectivity index is 1.46. The normalized spacial score (nSPS) is 18.3. The number of halogens is 1. The lowest BCUT2D eigenvalue weighted by Gasteiger charge is -2.35. The van der Waals surface area contributed by atoms with Crippen molar-refractivity contribution in [1.29, 1.82) is 0 Å². The van der Waals surface area contributed by atoms with Crippen LogP contribution in [0.3, 0.4) is 0 Å². The molecule has 30 heavy (non-hydrogen) atoms. The fourth-order valence-corrected chi connectivity index (χ4v) is 3.53. The van der Waals surface area contributed by atoms with Crippen molar-refractivity contribution in [1.82, 2.24) is 14.9 Å². The molecule has 0 bridgehead atoms. The van der Waals surface area contributed by atoms with E-state index in [1.54, 1.807) is 19.2 Å². The van der Waals surface area contributed by atoms with Gasteiger partial charge in [-0.1, -0.05) is 0 Å². The molecule has 1 aliphatic carbocycles. The van der Waals surface area contributed by atoms with Crippen molar-refractivity contribution in [2.75, 3.05) is 51.3 Å². The van der Waals surface area contributed by atoms with E-state index in [2.05, 4.69) is 19.8 Å². The molecule has 2 N–H and O–H groups in total. The summed E-state index contributed by atoms with van der Waals surface area (Å²) in [5, 5.41) is 6.40. The van der Waals surface area contributed by atoms with E-state index in [1.165, 1.54) is 12.4 Å². The molecule has 1 saturated carbocycles. The van der Waals surface area contributed by atoms with Gasteiger partial charge in [0.2, 0.25) is 5.71 Å². The highest BCUT2D eigenvalue weighted by atomic mass is 19.1. The summed E-state index contributed by atoms with van der Waals surface area (Å²) in [5.74, 6) is 0.699. The number of nitrogens with zero attached hydrogens (tertiary/aromatic N) is 4. The first-order valence-electron chi connectivity index (χ1n) is 10.4. The van der Waals surface area contributed by atoms with E-state index >= 15 is 0 Å². The van der Waals surface area contributed by atoms with Crippen LogP contribution in [0.15, 0.2) is 30.6 Å². The third kappa shape index (κ3) is 4.76. The maximum atomic E-state index is 14.2. The van der Waals surface area contributed by atoms with Gasteiger partial charge in [-0.2, -0.15) is 0 Å². The molecule has 8 heteroatoms. The Morgan fingerprint density at radius 2 is 1.93 bits per heavy atom. The third-order valence-corrected chi connectivity index (χ3v) is 5.79. The maximum Gasteiger partial charge on any atom is 0.230 e. The van der Waals surface area contributed by atoms with E-state index in [-0.39, 0.29) is 17.2 Å². The predicted octanol–water partition coefficient (Wildman–Crippen LogP) is 0.912. The van der Waals surface area contributed by atoms with Gasteiger partial charge in [0.25, 0.3) is 0 Å². The zero-order valence-electron chi connectivity index (χ0n) is 17.6. The first-order valence-corrected chi connectivity index (χ1v) is 10.4. The van der Waals surface area contributed by atoms with E-state index in [9.17, 15) is 4.39 Å². The molecule has 0 spiro atoms. The molecule has 0 amide bonds. The van der Waals surface area contributed by atoms with E-state index in [1.807, 2.05) is 13.0 Å². The molecule has 0 atom stereocenters. The number of benzene rings is 1. The highest BCUT2D eigenvalue weighted by Crippen LogP contribution is 2.40. The summed E-state index contributed by atoms with van der Waals surface area (Å²) in [5.41, 5.74) is 1.52. The van der Waals surface area contributed by atoms with Crippen LogP contribution in [0.1, 0.15) is 31.0 Å².